The van der Waals surface area contributed by atoms with Crippen molar-refractivity contribution in [1.82, 2.24) is 5.32 Å². The van der Waals surface area contributed by atoms with E-state index in [1.165, 1.54) is 0 Å². The van der Waals surface area contributed by atoms with Crippen molar-refractivity contribution in [2.45, 2.75) is 31.8 Å². The van der Waals surface area contributed by atoms with E-state index in [1.54, 1.807) is 6.92 Å². The summed E-state index contributed by atoms with van der Waals surface area (Å²) in [5, 5.41) is 11.6. The summed E-state index contributed by atoms with van der Waals surface area (Å²) in [6, 6.07) is -0.0963. The van der Waals surface area contributed by atoms with Crippen LogP contribution in [0.15, 0.2) is 12.2 Å². The molecule has 0 aliphatic heterocycles. The van der Waals surface area contributed by atoms with Crippen LogP contribution in [0.4, 0.5) is 0 Å². The van der Waals surface area contributed by atoms with Gasteiger partial charge < -0.3 is 10.4 Å². The van der Waals surface area contributed by atoms with E-state index in [4.69, 9.17) is 5.11 Å². The van der Waals surface area contributed by atoms with Gasteiger partial charge in [-0.1, -0.05) is 12.2 Å². The quantitative estimate of drug-likeness (QED) is 0.592. The molecule has 11 heavy (non-hydrogen) atoms. The third-order valence-electron chi connectivity index (χ3n) is 1.86. The fraction of sp³-hybridized carbons (Fsp3) is 0.625. The number of nitrogens with one attached hydrogen (secondary N) is 1. The summed E-state index contributed by atoms with van der Waals surface area (Å²) in [7, 11) is 0. The van der Waals surface area contributed by atoms with Crippen LogP contribution in [0.1, 0.15) is 19.8 Å². The number of hydrogen-bond donors (Lipinski definition) is 2. The lowest BCUT2D eigenvalue weighted by molar-refractivity contribution is -0.139. The Morgan fingerprint density at radius 2 is 2.18 bits per heavy atom. The van der Waals surface area contributed by atoms with Crippen molar-refractivity contribution < 1.29 is 9.90 Å². The van der Waals surface area contributed by atoms with Crippen molar-refractivity contribution in [2.24, 2.45) is 0 Å². The lowest BCUT2D eigenvalue weighted by atomic mass is 10.2. The third-order valence-corrected chi connectivity index (χ3v) is 1.86. The Hall–Kier alpha value is -0.830. The average Bonchev–Trinajstić information content (AvgIpc) is 2.39. The van der Waals surface area contributed by atoms with Crippen molar-refractivity contribution in [3.8, 4) is 0 Å². The zero-order valence-corrected chi connectivity index (χ0v) is 6.58. The Balaban J connectivity index is 2.25. The van der Waals surface area contributed by atoms with Crippen LogP contribution in [-0.2, 0) is 4.79 Å². The molecule has 1 unspecified atom stereocenters. The second-order valence-corrected chi connectivity index (χ2v) is 2.87. The van der Waals surface area contributed by atoms with Crippen molar-refractivity contribution >= 4 is 5.97 Å². The minimum atomic E-state index is -0.781. The van der Waals surface area contributed by atoms with Crippen molar-refractivity contribution in [3.63, 3.8) is 0 Å². The summed E-state index contributed by atoms with van der Waals surface area (Å²) in [5.41, 5.74) is 0. The normalized spacial score (nSPS) is 20.5. The van der Waals surface area contributed by atoms with Crippen molar-refractivity contribution in [3.05, 3.63) is 12.2 Å². The van der Waals surface area contributed by atoms with Crippen LogP contribution in [0, 0.1) is 0 Å². The Morgan fingerprint density at radius 3 is 2.64 bits per heavy atom. The third kappa shape index (κ3) is 2.35. The first kappa shape index (κ1) is 8.27. The topological polar surface area (TPSA) is 49.3 Å². The van der Waals surface area contributed by atoms with E-state index in [0.717, 1.165) is 12.8 Å². The van der Waals surface area contributed by atoms with Gasteiger partial charge in [0.05, 0.1) is 0 Å². The first-order valence-corrected chi connectivity index (χ1v) is 3.84. The highest BCUT2D eigenvalue weighted by molar-refractivity contribution is 5.72. The second-order valence-electron chi connectivity index (χ2n) is 2.87. The van der Waals surface area contributed by atoms with E-state index in [9.17, 15) is 4.79 Å². The molecule has 0 amide bonds. The van der Waals surface area contributed by atoms with Gasteiger partial charge in [0.15, 0.2) is 0 Å². The van der Waals surface area contributed by atoms with Crippen LogP contribution in [0.2, 0.25) is 0 Å². The molecule has 0 bridgehead atoms. The molecule has 3 nitrogen and oxygen atoms in total. The van der Waals surface area contributed by atoms with E-state index in [-0.39, 0.29) is 0 Å². The smallest absolute Gasteiger partial charge is 0.320 e. The van der Waals surface area contributed by atoms with Gasteiger partial charge in [-0.15, -0.1) is 0 Å². The highest BCUT2D eigenvalue weighted by Gasteiger charge is 2.16. The fourth-order valence-electron chi connectivity index (χ4n) is 1.18. The van der Waals surface area contributed by atoms with Crippen LogP contribution in [0.5, 0.6) is 0 Å². The van der Waals surface area contributed by atoms with Gasteiger partial charge in [0.1, 0.15) is 6.04 Å². The maximum Gasteiger partial charge on any atom is 0.320 e. The standard InChI is InChI=1S/C8H13NO2/c1-6(8(10)11)9-7-4-2-3-5-7/h2-3,6-7,9H,4-5H2,1H3,(H,10,11). The van der Waals surface area contributed by atoms with E-state index < -0.39 is 12.0 Å². The van der Waals surface area contributed by atoms with Gasteiger partial charge in [-0.05, 0) is 19.8 Å². The average molecular weight is 155 g/mol. The molecular formula is C8H13NO2. The van der Waals surface area contributed by atoms with Crippen LogP contribution in [-0.4, -0.2) is 23.2 Å². The molecule has 0 spiro atoms. The van der Waals surface area contributed by atoms with Crippen LogP contribution < -0.4 is 5.32 Å². The summed E-state index contributed by atoms with van der Waals surface area (Å²) >= 11 is 0. The zero-order valence-electron chi connectivity index (χ0n) is 6.58. The summed E-state index contributed by atoms with van der Waals surface area (Å²) in [6.45, 7) is 1.67. The minimum Gasteiger partial charge on any atom is -0.480 e. The maximum atomic E-state index is 10.4. The molecule has 0 aromatic heterocycles. The number of carboxylic acids is 1. The summed E-state index contributed by atoms with van der Waals surface area (Å²) in [6.07, 6.45) is 6.06. The fourth-order valence-corrected chi connectivity index (χ4v) is 1.18. The number of carbonyl (C=O) groups is 1. The molecule has 0 fully saturated rings. The van der Waals surface area contributed by atoms with Gasteiger partial charge in [-0.3, -0.25) is 4.79 Å². The van der Waals surface area contributed by atoms with E-state index in [2.05, 4.69) is 17.5 Å². The molecule has 62 valence electrons. The van der Waals surface area contributed by atoms with Crippen LogP contribution in [0.3, 0.4) is 0 Å². The summed E-state index contributed by atoms with van der Waals surface area (Å²) in [5.74, 6) is -0.781. The lowest BCUT2D eigenvalue weighted by Gasteiger charge is -2.14. The molecule has 2 N–H and O–H groups in total. The molecule has 1 aliphatic rings. The monoisotopic (exact) mass is 155 g/mol. The molecular weight excluding hydrogens is 142 g/mol. The first-order chi connectivity index (χ1) is 5.20. The Bertz CT molecular complexity index is 169. The second kappa shape index (κ2) is 3.53. The van der Waals surface area contributed by atoms with Crippen molar-refractivity contribution in [2.75, 3.05) is 0 Å². The van der Waals surface area contributed by atoms with Gasteiger partial charge >= 0.3 is 5.97 Å². The molecule has 0 saturated heterocycles. The maximum absolute atomic E-state index is 10.4. The van der Waals surface area contributed by atoms with Gasteiger partial charge in [-0.2, -0.15) is 0 Å². The molecule has 0 aromatic carbocycles. The van der Waals surface area contributed by atoms with E-state index in [0.29, 0.717) is 6.04 Å². The molecule has 0 aromatic rings. The van der Waals surface area contributed by atoms with Crippen LogP contribution >= 0.6 is 0 Å². The van der Waals surface area contributed by atoms with E-state index in [1.807, 2.05) is 0 Å². The molecule has 0 heterocycles. The zero-order chi connectivity index (χ0) is 8.27. The number of aliphatic carboxylic acids is 1. The first-order valence-electron chi connectivity index (χ1n) is 3.84. The summed E-state index contributed by atoms with van der Waals surface area (Å²) < 4.78 is 0. The van der Waals surface area contributed by atoms with E-state index >= 15 is 0 Å². The van der Waals surface area contributed by atoms with Crippen LogP contribution in [0.25, 0.3) is 0 Å². The van der Waals surface area contributed by atoms with Crippen molar-refractivity contribution in [1.29, 1.82) is 0 Å². The predicted octanol–water partition coefficient (Wildman–Crippen LogP) is 0.768. The Kier molecular flexibility index (Phi) is 2.65. The highest BCUT2D eigenvalue weighted by Crippen LogP contribution is 2.09. The molecule has 1 rings (SSSR count). The van der Waals surface area contributed by atoms with Gasteiger partial charge in [0.2, 0.25) is 0 Å². The molecule has 3 heteroatoms. The largest absolute Gasteiger partial charge is 0.480 e. The number of hydrogen-bond acceptors (Lipinski definition) is 2. The van der Waals surface area contributed by atoms with Gasteiger partial charge in [0, 0.05) is 6.04 Å². The molecule has 0 radical (unpaired) electrons. The van der Waals surface area contributed by atoms with Gasteiger partial charge in [0.25, 0.3) is 0 Å². The predicted molar refractivity (Wildman–Crippen MR) is 42.4 cm³/mol. The molecule has 0 saturated carbocycles. The Labute approximate surface area is 66.1 Å². The molecule has 1 atom stereocenters. The Morgan fingerprint density at radius 1 is 1.64 bits per heavy atom. The van der Waals surface area contributed by atoms with Gasteiger partial charge in [-0.25, -0.2) is 0 Å². The lowest BCUT2D eigenvalue weighted by Crippen LogP contribution is -2.40. The highest BCUT2D eigenvalue weighted by atomic mass is 16.4. The molecule has 1 aliphatic carbocycles. The number of rotatable bonds is 3. The number of carboxylic acid groups (broad SMARTS) is 1. The summed E-state index contributed by atoms with van der Waals surface area (Å²) in [4.78, 5) is 10.4. The SMILES string of the molecule is CC(NC1CC=CC1)C(=O)O. The minimum absolute atomic E-state index is 0.334.